The molecule has 0 radical (unpaired) electrons. The van der Waals surface area contributed by atoms with Gasteiger partial charge in [-0.15, -0.1) is 0 Å². The lowest BCUT2D eigenvalue weighted by molar-refractivity contribution is -0.137. The quantitative estimate of drug-likeness (QED) is 0.913. The zero-order valence-corrected chi connectivity index (χ0v) is 11.2. The maximum Gasteiger partial charge on any atom is 0.416 e. The fraction of sp³-hybridized carbons (Fsp3) is 0.417. The number of alkyl halides is 3. The van der Waals surface area contributed by atoms with Gasteiger partial charge in [0.1, 0.15) is 11.9 Å². The van der Waals surface area contributed by atoms with Gasteiger partial charge in [-0.25, -0.2) is 4.79 Å². The topological polar surface area (TPSA) is 55.6 Å². The van der Waals surface area contributed by atoms with Crippen LogP contribution in [-0.4, -0.2) is 29.6 Å². The maximum absolute atomic E-state index is 12.6. The molecule has 2 unspecified atom stereocenters. The van der Waals surface area contributed by atoms with Crippen LogP contribution in [0.4, 0.5) is 18.0 Å². The zero-order chi connectivity index (χ0) is 15.1. The average Bonchev–Trinajstić information content (AvgIpc) is 2.33. The van der Waals surface area contributed by atoms with Gasteiger partial charge in [-0.2, -0.15) is 13.2 Å². The average molecular weight is 309 g/mol. The molecule has 0 aromatic heterocycles. The van der Waals surface area contributed by atoms with Crippen molar-refractivity contribution in [1.29, 1.82) is 0 Å². The Labute approximate surface area is 118 Å². The van der Waals surface area contributed by atoms with Crippen molar-refractivity contribution in [3.05, 3.63) is 28.8 Å². The molecule has 1 aliphatic heterocycles. The second-order valence-corrected chi connectivity index (χ2v) is 4.94. The number of amides is 2. The van der Waals surface area contributed by atoms with Crippen molar-refractivity contribution >= 4 is 17.6 Å². The van der Waals surface area contributed by atoms with Crippen LogP contribution in [-0.2, 0) is 6.18 Å². The first-order valence-electron chi connectivity index (χ1n) is 5.79. The summed E-state index contributed by atoms with van der Waals surface area (Å²) in [6.45, 7) is 1.92. The van der Waals surface area contributed by atoms with E-state index >= 15 is 0 Å². The molecule has 2 amide bonds. The van der Waals surface area contributed by atoms with E-state index in [2.05, 4.69) is 0 Å². The van der Waals surface area contributed by atoms with Gasteiger partial charge in [0.2, 0.25) is 0 Å². The van der Waals surface area contributed by atoms with E-state index < -0.39 is 23.9 Å². The van der Waals surface area contributed by atoms with Crippen LogP contribution in [0.15, 0.2) is 18.2 Å². The molecule has 2 atom stereocenters. The molecule has 1 saturated heterocycles. The number of ether oxygens (including phenoxy) is 1. The summed E-state index contributed by atoms with van der Waals surface area (Å²) in [7, 11) is 0. The van der Waals surface area contributed by atoms with E-state index in [1.54, 1.807) is 6.92 Å². The largest absolute Gasteiger partial charge is 0.485 e. The van der Waals surface area contributed by atoms with Gasteiger partial charge in [0.05, 0.1) is 23.2 Å². The highest BCUT2D eigenvalue weighted by Gasteiger charge is 2.40. The highest BCUT2D eigenvalue weighted by Crippen LogP contribution is 2.36. The number of carbonyl (C=O) groups excluding carboxylic acids is 1. The van der Waals surface area contributed by atoms with Gasteiger partial charge in [-0.3, -0.25) is 0 Å². The number of likely N-dealkylation sites (tertiary alicyclic amines) is 1. The molecule has 110 valence electrons. The Morgan fingerprint density at radius 2 is 2.15 bits per heavy atom. The molecule has 1 aromatic rings. The van der Waals surface area contributed by atoms with Crippen molar-refractivity contribution in [1.82, 2.24) is 4.90 Å². The summed E-state index contributed by atoms with van der Waals surface area (Å²) < 4.78 is 43.3. The smallest absolute Gasteiger partial charge is 0.416 e. The monoisotopic (exact) mass is 308 g/mol. The van der Waals surface area contributed by atoms with Crippen LogP contribution in [0, 0.1) is 0 Å². The van der Waals surface area contributed by atoms with E-state index in [1.807, 2.05) is 0 Å². The number of carbonyl (C=O) groups is 1. The third kappa shape index (κ3) is 2.77. The number of halogens is 4. The molecule has 0 bridgehead atoms. The molecule has 4 nitrogen and oxygen atoms in total. The molecule has 2 rings (SSSR count). The molecule has 0 spiro atoms. The summed E-state index contributed by atoms with van der Waals surface area (Å²) in [6, 6.07) is 1.97. The molecule has 2 N–H and O–H groups in total. The second kappa shape index (κ2) is 5.05. The zero-order valence-electron chi connectivity index (χ0n) is 10.4. The van der Waals surface area contributed by atoms with Crippen molar-refractivity contribution in [3.8, 4) is 5.75 Å². The van der Waals surface area contributed by atoms with Crippen molar-refractivity contribution in [2.75, 3.05) is 6.54 Å². The third-order valence-corrected chi connectivity index (χ3v) is 3.54. The van der Waals surface area contributed by atoms with E-state index in [0.29, 0.717) is 0 Å². The molecule has 0 saturated carbocycles. The number of urea groups is 1. The Kier molecular flexibility index (Phi) is 3.73. The Morgan fingerprint density at radius 3 is 2.65 bits per heavy atom. The van der Waals surface area contributed by atoms with Crippen LogP contribution < -0.4 is 10.5 Å². The molecule has 8 heteroatoms. The minimum absolute atomic E-state index is 0.0533. The molecule has 1 aromatic carbocycles. The SMILES string of the molecule is CC1C(Oc2cc(C(F)(F)F)ccc2Cl)CN1C(N)=O. The molecular formula is C12H12ClF3N2O2. The maximum atomic E-state index is 12.6. The minimum Gasteiger partial charge on any atom is -0.485 e. The summed E-state index contributed by atoms with van der Waals surface area (Å²) >= 11 is 5.82. The number of hydrogen-bond donors (Lipinski definition) is 1. The Balaban J connectivity index is 2.13. The number of hydrogen-bond acceptors (Lipinski definition) is 2. The van der Waals surface area contributed by atoms with Gasteiger partial charge in [0, 0.05) is 0 Å². The highest BCUT2D eigenvalue weighted by atomic mass is 35.5. The van der Waals surface area contributed by atoms with Gasteiger partial charge < -0.3 is 15.4 Å². The van der Waals surface area contributed by atoms with E-state index in [4.69, 9.17) is 22.1 Å². The molecule has 0 aliphatic carbocycles. The summed E-state index contributed by atoms with van der Waals surface area (Å²) in [5.74, 6) is -0.0533. The number of nitrogens with two attached hydrogens (primary N) is 1. The fourth-order valence-electron chi connectivity index (χ4n) is 1.93. The minimum atomic E-state index is -4.47. The second-order valence-electron chi connectivity index (χ2n) is 4.53. The van der Waals surface area contributed by atoms with E-state index in [9.17, 15) is 18.0 Å². The highest BCUT2D eigenvalue weighted by molar-refractivity contribution is 6.32. The number of primary amides is 1. The van der Waals surface area contributed by atoms with Gasteiger partial charge >= 0.3 is 12.2 Å². The molecule has 1 heterocycles. The summed E-state index contributed by atoms with van der Waals surface area (Å²) in [6.07, 6.45) is -4.89. The van der Waals surface area contributed by atoms with Crippen molar-refractivity contribution < 1.29 is 22.7 Å². The van der Waals surface area contributed by atoms with Gasteiger partial charge in [-0.1, -0.05) is 11.6 Å². The Morgan fingerprint density at radius 1 is 1.50 bits per heavy atom. The Bertz CT molecular complexity index is 536. The lowest BCUT2D eigenvalue weighted by Crippen LogP contribution is -2.64. The molecular weight excluding hydrogens is 297 g/mol. The molecule has 20 heavy (non-hydrogen) atoms. The molecule has 1 fully saturated rings. The van der Waals surface area contributed by atoms with Crippen LogP contribution in [0.1, 0.15) is 12.5 Å². The standard InChI is InChI=1S/C12H12ClF3N2O2/c1-6-10(5-18(6)11(17)19)20-9-4-7(12(14,15)16)2-3-8(9)13/h2-4,6,10H,5H2,1H3,(H2,17,19). The molecule has 1 aliphatic rings. The van der Waals surface area contributed by atoms with Crippen molar-refractivity contribution in [3.63, 3.8) is 0 Å². The van der Waals surface area contributed by atoms with Gasteiger partial charge in [0.25, 0.3) is 0 Å². The van der Waals surface area contributed by atoms with Gasteiger partial charge in [-0.05, 0) is 25.1 Å². The van der Waals surface area contributed by atoms with Gasteiger partial charge in [0.15, 0.2) is 0 Å². The van der Waals surface area contributed by atoms with Crippen LogP contribution in [0.25, 0.3) is 0 Å². The summed E-state index contributed by atoms with van der Waals surface area (Å²) in [5, 5.41) is 0.0859. The number of benzene rings is 1. The first-order valence-corrected chi connectivity index (χ1v) is 6.17. The predicted molar refractivity (Wildman–Crippen MR) is 66.6 cm³/mol. The predicted octanol–water partition coefficient (Wildman–Crippen LogP) is 2.89. The van der Waals surface area contributed by atoms with Crippen LogP contribution in [0.3, 0.4) is 0 Å². The summed E-state index contributed by atoms with van der Waals surface area (Å²) in [4.78, 5) is 12.3. The lowest BCUT2D eigenvalue weighted by Gasteiger charge is -2.44. The van der Waals surface area contributed by atoms with Crippen LogP contribution in [0.5, 0.6) is 5.75 Å². The van der Waals surface area contributed by atoms with Crippen LogP contribution in [0.2, 0.25) is 5.02 Å². The number of nitrogens with zero attached hydrogens (tertiary/aromatic N) is 1. The Hall–Kier alpha value is -1.63. The normalized spacial score (nSPS) is 22.4. The van der Waals surface area contributed by atoms with E-state index in [-0.39, 0.29) is 23.4 Å². The lowest BCUT2D eigenvalue weighted by atomic mass is 10.0. The van der Waals surface area contributed by atoms with E-state index in [1.165, 1.54) is 4.90 Å². The van der Waals surface area contributed by atoms with Crippen LogP contribution >= 0.6 is 11.6 Å². The van der Waals surface area contributed by atoms with Crippen molar-refractivity contribution in [2.45, 2.75) is 25.2 Å². The first kappa shape index (κ1) is 14.8. The third-order valence-electron chi connectivity index (χ3n) is 3.23. The van der Waals surface area contributed by atoms with Crippen molar-refractivity contribution in [2.24, 2.45) is 5.73 Å². The fourth-order valence-corrected chi connectivity index (χ4v) is 2.10. The van der Waals surface area contributed by atoms with E-state index in [0.717, 1.165) is 18.2 Å². The summed E-state index contributed by atoms with van der Waals surface area (Å²) in [5.41, 5.74) is 4.27. The first-order chi connectivity index (χ1) is 9.20. The number of rotatable bonds is 2.